The summed E-state index contributed by atoms with van der Waals surface area (Å²) in [6.07, 6.45) is 10.0. The maximum atomic E-state index is 14.7. The number of anilines is 2. The van der Waals surface area contributed by atoms with Crippen LogP contribution in [-0.2, 0) is 19.1 Å². The molecule has 0 unspecified atom stereocenters. The third kappa shape index (κ3) is 4.71. The molecule has 4 saturated carbocycles. The lowest BCUT2D eigenvalue weighted by Gasteiger charge is -2.70. The second kappa shape index (κ2) is 10.6. The van der Waals surface area contributed by atoms with Crippen LogP contribution < -0.4 is 10.5 Å². The third-order valence-electron chi connectivity index (χ3n) is 14.7. The van der Waals surface area contributed by atoms with Crippen LogP contribution >= 0.6 is 0 Å². The van der Waals surface area contributed by atoms with Crippen molar-refractivity contribution in [3.63, 3.8) is 0 Å². The minimum atomic E-state index is -0.618. The second-order valence-electron chi connectivity index (χ2n) is 17.5. The van der Waals surface area contributed by atoms with Gasteiger partial charge in [-0.3, -0.25) is 19.6 Å². The number of amides is 1. The minimum Gasteiger partial charge on any atom is -0.733 e. The molecule has 0 aliphatic heterocycles. The number of esters is 1. The zero-order chi connectivity index (χ0) is 33.7. The highest BCUT2D eigenvalue weighted by atomic mass is 16.8. The van der Waals surface area contributed by atoms with Gasteiger partial charge in [0.05, 0.1) is 5.69 Å². The number of carbonyl (C=O) groups is 3. The molecule has 0 bridgehead atoms. The van der Waals surface area contributed by atoms with Crippen LogP contribution in [0, 0.1) is 55.5 Å². The number of hydrogen-bond donors (Lipinski definition) is 2. The number of nitrogens with zero attached hydrogens (tertiary/aromatic N) is 1. The first kappa shape index (κ1) is 33.2. The summed E-state index contributed by atoms with van der Waals surface area (Å²) in [4.78, 5) is 40.5. The van der Waals surface area contributed by atoms with Gasteiger partial charge in [-0.25, -0.2) is 0 Å². The molecule has 6 rings (SSSR count). The lowest BCUT2D eigenvalue weighted by atomic mass is 9.33. The van der Waals surface area contributed by atoms with Gasteiger partial charge in [0.25, 0.3) is 0 Å². The number of allylic oxidation sites excluding steroid dienone is 2. The smallest absolute Gasteiger partial charge is 0.302 e. The van der Waals surface area contributed by atoms with E-state index < -0.39 is 5.41 Å². The fourth-order valence-corrected chi connectivity index (χ4v) is 11.7. The molecule has 0 spiro atoms. The quantitative estimate of drug-likeness (QED) is 0.253. The normalized spacial score (nSPS) is 42.7. The van der Waals surface area contributed by atoms with E-state index in [1.807, 2.05) is 6.08 Å². The number of benzene rings is 1. The van der Waals surface area contributed by atoms with Gasteiger partial charge in [-0.2, -0.15) is 0 Å². The number of rotatable bonds is 4. The van der Waals surface area contributed by atoms with Crippen LogP contribution in [-0.4, -0.2) is 29.0 Å². The van der Waals surface area contributed by atoms with Crippen molar-refractivity contribution in [3.05, 3.63) is 41.1 Å². The van der Waals surface area contributed by atoms with Gasteiger partial charge in [0, 0.05) is 29.4 Å². The molecule has 8 nitrogen and oxygen atoms in total. The van der Waals surface area contributed by atoms with E-state index in [1.165, 1.54) is 24.6 Å². The highest BCUT2D eigenvalue weighted by molar-refractivity contribution is 5.97. The Labute approximate surface area is 274 Å². The maximum absolute atomic E-state index is 14.7. The third-order valence-corrected chi connectivity index (χ3v) is 14.7. The monoisotopic (exact) mass is 633 g/mol. The molecular weight excluding hydrogens is 580 g/mol. The van der Waals surface area contributed by atoms with E-state index in [0.29, 0.717) is 12.1 Å². The summed E-state index contributed by atoms with van der Waals surface area (Å²) in [6, 6.07) is 6.21. The fourth-order valence-electron chi connectivity index (χ4n) is 11.7. The van der Waals surface area contributed by atoms with Gasteiger partial charge in [0.2, 0.25) is 5.91 Å². The van der Waals surface area contributed by atoms with Crippen molar-refractivity contribution in [1.29, 1.82) is 0 Å². The summed E-state index contributed by atoms with van der Waals surface area (Å²) < 4.78 is 5.86. The molecule has 1 aromatic carbocycles. The Bertz CT molecular complexity index is 1470. The van der Waals surface area contributed by atoms with Gasteiger partial charge in [0.1, 0.15) is 6.10 Å². The predicted molar refractivity (Wildman–Crippen MR) is 178 cm³/mol. The Balaban J connectivity index is 1.32. The zero-order valence-corrected chi connectivity index (χ0v) is 29.0. The van der Waals surface area contributed by atoms with E-state index in [4.69, 9.17) is 4.74 Å². The number of hydrogen-bond acceptors (Lipinski definition) is 7. The van der Waals surface area contributed by atoms with Crippen molar-refractivity contribution >= 4 is 29.0 Å². The van der Waals surface area contributed by atoms with Gasteiger partial charge >= 0.3 is 5.97 Å². The van der Waals surface area contributed by atoms with Gasteiger partial charge in [0.15, 0.2) is 5.78 Å². The molecule has 1 amide bonds. The van der Waals surface area contributed by atoms with Crippen molar-refractivity contribution in [3.8, 4) is 0 Å². The van der Waals surface area contributed by atoms with Gasteiger partial charge in [-0.15, -0.1) is 0 Å². The summed E-state index contributed by atoms with van der Waals surface area (Å²) in [5.74, 6) is 0.275. The molecule has 8 heteroatoms. The van der Waals surface area contributed by atoms with Gasteiger partial charge < -0.3 is 20.5 Å². The molecule has 0 radical (unpaired) electrons. The molecule has 2 N–H and O–H groups in total. The second-order valence-corrected chi connectivity index (χ2v) is 17.5. The Morgan fingerprint density at radius 3 is 2.22 bits per heavy atom. The zero-order valence-electron chi connectivity index (χ0n) is 29.0. The SMILES string of the molecule is CC(=O)O[C@H]1CC[C@]2(C)[C@H](CC[C@]3(C)[C@@H]2C(=O)C=C2[C@H]4C[C@@](C)(C(=O)Nc5ccc(N([O-])O)cc5)CC[C@]4(C)CC[C@@]23C)C1(C)C. The molecule has 4 fully saturated rings. The molecule has 46 heavy (non-hydrogen) atoms. The van der Waals surface area contributed by atoms with E-state index in [1.54, 1.807) is 12.1 Å². The number of nitrogens with one attached hydrogen (secondary N) is 1. The predicted octanol–water partition coefficient (Wildman–Crippen LogP) is 8.23. The van der Waals surface area contributed by atoms with Crippen LogP contribution in [0.2, 0.25) is 0 Å². The number of ether oxygens (including phenoxy) is 1. The van der Waals surface area contributed by atoms with E-state index in [2.05, 4.69) is 53.8 Å². The lowest BCUT2D eigenvalue weighted by Crippen LogP contribution is -2.66. The summed E-state index contributed by atoms with van der Waals surface area (Å²) >= 11 is 0. The van der Waals surface area contributed by atoms with E-state index in [0.717, 1.165) is 51.4 Å². The summed E-state index contributed by atoms with van der Waals surface area (Å²) in [6.45, 7) is 17.6. The molecule has 252 valence electrons. The Kier molecular flexibility index (Phi) is 7.68. The van der Waals surface area contributed by atoms with Crippen molar-refractivity contribution < 1.29 is 24.3 Å². The van der Waals surface area contributed by atoms with Crippen molar-refractivity contribution in [1.82, 2.24) is 0 Å². The standard InChI is InChI=1S/C38H53N2O6/c1-23(41)46-30-14-15-36(6)29(33(30,2)3)13-16-38(8)31(36)28(42)21-26-27-22-35(5,18-17-34(27,4)19-20-37(26,38)7)32(43)39-24-9-11-25(12-10-24)40(44)45/h9-12,21,27,29-31,44H,13-20,22H2,1-8H3,(H,39,43)/q-1/t27-,29-,30+,31-,34-,35+,36-,37+,38-/m1/s1. The topological polar surface area (TPSA) is 119 Å². The average Bonchev–Trinajstić information content (AvgIpc) is 2.96. The number of carbonyl (C=O) groups excluding carboxylic acids is 3. The molecule has 9 atom stereocenters. The van der Waals surface area contributed by atoms with E-state index >= 15 is 0 Å². The molecule has 5 aliphatic carbocycles. The first-order chi connectivity index (χ1) is 21.3. The largest absolute Gasteiger partial charge is 0.733 e. The Morgan fingerprint density at radius 2 is 1.59 bits per heavy atom. The number of ketones is 1. The van der Waals surface area contributed by atoms with Crippen molar-refractivity contribution in [2.45, 2.75) is 119 Å². The van der Waals surface area contributed by atoms with Crippen LogP contribution in [0.15, 0.2) is 35.9 Å². The Morgan fingerprint density at radius 1 is 0.935 bits per heavy atom. The maximum Gasteiger partial charge on any atom is 0.302 e. The first-order valence-electron chi connectivity index (χ1n) is 17.3. The van der Waals surface area contributed by atoms with Gasteiger partial charge in [-0.05, 0) is 122 Å². The molecule has 1 aromatic rings. The Hall–Kier alpha value is -2.71. The minimum absolute atomic E-state index is 0.0279. The summed E-state index contributed by atoms with van der Waals surface area (Å²) in [5, 5.41) is 23.3. The first-order valence-corrected chi connectivity index (χ1v) is 17.3. The molecule has 0 heterocycles. The van der Waals surface area contributed by atoms with Crippen LogP contribution in [0.1, 0.15) is 113 Å². The fraction of sp³-hybridized carbons (Fsp3) is 0.711. The highest BCUT2D eigenvalue weighted by Gasteiger charge is 2.70. The van der Waals surface area contributed by atoms with Crippen molar-refractivity contribution in [2.75, 3.05) is 10.5 Å². The average molecular weight is 634 g/mol. The summed E-state index contributed by atoms with van der Waals surface area (Å²) in [5.41, 5.74) is 0.591. The van der Waals surface area contributed by atoms with Gasteiger partial charge in [-0.1, -0.05) is 54.0 Å². The van der Waals surface area contributed by atoms with Crippen LogP contribution in [0.5, 0.6) is 0 Å². The highest BCUT2D eigenvalue weighted by Crippen LogP contribution is 2.75. The van der Waals surface area contributed by atoms with E-state index in [-0.39, 0.29) is 79.5 Å². The number of fused-ring (bicyclic) bond motifs is 7. The summed E-state index contributed by atoms with van der Waals surface area (Å²) in [7, 11) is 0. The lowest BCUT2D eigenvalue weighted by molar-refractivity contribution is -0.210. The molecule has 5 aliphatic rings. The molecular formula is C38H53N2O6-. The molecule has 0 saturated heterocycles. The van der Waals surface area contributed by atoms with Crippen LogP contribution in [0.4, 0.5) is 11.4 Å². The molecule has 0 aromatic heterocycles. The van der Waals surface area contributed by atoms with Crippen molar-refractivity contribution in [2.24, 2.45) is 50.2 Å². The van der Waals surface area contributed by atoms with Crippen LogP contribution in [0.25, 0.3) is 0 Å². The van der Waals surface area contributed by atoms with Crippen LogP contribution in [0.3, 0.4) is 0 Å². The van der Waals surface area contributed by atoms with E-state index in [9.17, 15) is 24.8 Å².